The minimum atomic E-state index is -1.03. The van der Waals surface area contributed by atoms with Crippen LogP contribution < -0.4 is 4.74 Å². The van der Waals surface area contributed by atoms with Gasteiger partial charge in [0.2, 0.25) is 0 Å². The molecule has 0 amide bonds. The average Bonchev–Trinajstić information content (AvgIpc) is 2.28. The molecule has 0 aliphatic carbocycles. The van der Waals surface area contributed by atoms with Crippen molar-refractivity contribution in [3.63, 3.8) is 0 Å². The lowest BCUT2D eigenvalue weighted by molar-refractivity contribution is -0.134. The minimum Gasteiger partial charge on any atom is -0.478 e. The number of esters is 1. The molecule has 0 aliphatic rings. The van der Waals surface area contributed by atoms with E-state index in [0.29, 0.717) is 16.9 Å². The summed E-state index contributed by atoms with van der Waals surface area (Å²) in [6, 6.07) is 6.85. The van der Waals surface area contributed by atoms with Gasteiger partial charge in [-0.3, -0.25) is 4.79 Å². The lowest BCUT2D eigenvalue weighted by Crippen LogP contribution is -2.07. The fourth-order valence-corrected chi connectivity index (χ4v) is 1.34. The summed E-state index contributed by atoms with van der Waals surface area (Å²) in [6.07, 6.45) is 1.36. The number of carboxylic acid groups (broad SMARTS) is 1. The standard InChI is InChI=1S/C13H14O4/c1-3-13(16)17-11-7-5-4-6-10(11)9(2)8-12(14)15/h4-8H,3H2,1-2H3,(H,14,15). The zero-order valence-corrected chi connectivity index (χ0v) is 9.77. The Kier molecular flexibility index (Phi) is 4.46. The fourth-order valence-electron chi connectivity index (χ4n) is 1.34. The molecular formula is C13H14O4. The van der Waals surface area contributed by atoms with Crippen molar-refractivity contribution in [2.24, 2.45) is 0 Å². The normalized spacial score (nSPS) is 11.1. The van der Waals surface area contributed by atoms with Gasteiger partial charge in [0, 0.05) is 18.1 Å². The fraction of sp³-hybridized carbons (Fsp3) is 0.231. The van der Waals surface area contributed by atoms with E-state index < -0.39 is 5.97 Å². The molecule has 90 valence electrons. The molecule has 0 unspecified atom stereocenters. The number of hydrogen-bond donors (Lipinski definition) is 1. The SMILES string of the molecule is CCC(=O)Oc1ccccc1C(C)=CC(=O)O. The summed E-state index contributed by atoms with van der Waals surface area (Å²) in [5.41, 5.74) is 1.15. The molecule has 0 bridgehead atoms. The lowest BCUT2D eigenvalue weighted by atomic mass is 10.1. The van der Waals surface area contributed by atoms with Crippen molar-refractivity contribution < 1.29 is 19.4 Å². The molecule has 0 saturated heterocycles. The number of ether oxygens (including phenoxy) is 1. The second kappa shape index (κ2) is 5.84. The summed E-state index contributed by atoms with van der Waals surface area (Å²) in [6.45, 7) is 3.36. The van der Waals surface area contributed by atoms with Crippen molar-refractivity contribution in [3.05, 3.63) is 35.9 Å². The van der Waals surface area contributed by atoms with Crippen LogP contribution in [0.25, 0.3) is 5.57 Å². The number of rotatable bonds is 4. The Morgan fingerprint density at radius 2 is 2.00 bits per heavy atom. The van der Waals surface area contributed by atoms with E-state index in [1.165, 1.54) is 0 Å². The molecule has 1 aromatic rings. The predicted octanol–water partition coefficient (Wildman–Crippen LogP) is 2.49. The average molecular weight is 234 g/mol. The summed E-state index contributed by atoms with van der Waals surface area (Å²) in [7, 11) is 0. The van der Waals surface area contributed by atoms with Crippen LogP contribution in [0.15, 0.2) is 30.3 Å². The van der Waals surface area contributed by atoms with Crippen LogP contribution in [0.1, 0.15) is 25.8 Å². The Bertz CT molecular complexity index is 460. The highest BCUT2D eigenvalue weighted by Crippen LogP contribution is 2.25. The Morgan fingerprint density at radius 1 is 1.35 bits per heavy atom. The van der Waals surface area contributed by atoms with Gasteiger partial charge in [0.15, 0.2) is 0 Å². The lowest BCUT2D eigenvalue weighted by Gasteiger charge is -2.09. The van der Waals surface area contributed by atoms with Crippen LogP contribution in [0.5, 0.6) is 5.75 Å². The number of allylic oxidation sites excluding steroid dienone is 1. The molecule has 1 aromatic carbocycles. The van der Waals surface area contributed by atoms with Crippen LogP contribution >= 0.6 is 0 Å². The highest BCUT2D eigenvalue weighted by molar-refractivity contribution is 5.90. The molecule has 1 rings (SSSR count). The molecule has 0 radical (unpaired) electrons. The van der Waals surface area contributed by atoms with E-state index >= 15 is 0 Å². The van der Waals surface area contributed by atoms with E-state index in [2.05, 4.69) is 0 Å². The van der Waals surface area contributed by atoms with E-state index in [4.69, 9.17) is 9.84 Å². The maximum atomic E-state index is 11.2. The first-order valence-electron chi connectivity index (χ1n) is 5.26. The third kappa shape index (κ3) is 3.75. The van der Waals surface area contributed by atoms with Gasteiger partial charge in [-0.15, -0.1) is 0 Å². The number of carboxylic acids is 1. The van der Waals surface area contributed by atoms with Crippen LogP contribution in [0.3, 0.4) is 0 Å². The summed E-state index contributed by atoms with van der Waals surface area (Å²) < 4.78 is 5.12. The molecule has 0 saturated carbocycles. The number of carbonyl (C=O) groups is 2. The summed E-state index contributed by atoms with van der Waals surface area (Å²) in [5.74, 6) is -0.992. The first-order chi connectivity index (χ1) is 8.04. The molecule has 0 heterocycles. The predicted molar refractivity (Wildman–Crippen MR) is 63.7 cm³/mol. The Hall–Kier alpha value is -2.10. The number of carbonyl (C=O) groups excluding carboxylic acids is 1. The molecular weight excluding hydrogens is 220 g/mol. The monoisotopic (exact) mass is 234 g/mol. The molecule has 4 nitrogen and oxygen atoms in total. The maximum absolute atomic E-state index is 11.2. The molecule has 4 heteroatoms. The van der Waals surface area contributed by atoms with Crippen molar-refractivity contribution in [2.45, 2.75) is 20.3 Å². The Labute approximate surface area is 99.5 Å². The van der Waals surface area contributed by atoms with E-state index in [1.54, 1.807) is 38.1 Å². The number of aliphatic carboxylic acids is 1. The second-order valence-corrected chi connectivity index (χ2v) is 3.49. The first kappa shape index (κ1) is 13.0. The highest BCUT2D eigenvalue weighted by Gasteiger charge is 2.09. The van der Waals surface area contributed by atoms with E-state index in [1.807, 2.05) is 0 Å². The molecule has 0 aromatic heterocycles. The molecule has 0 aliphatic heterocycles. The van der Waals surface area contributed by atoms with Crippen molar-refractivity contribution in [1.29, 1.82) is 0 Å². The van der Waals surface area contributed by atoms with Crippen molar-refractivity contribution in [2.75, 3.05) is 0 Å². The third-order valence-electron chi connectivity index (χ3n) is 2.16. The second-order valence-electron chi connectivity index (χ2n) is 3.49. The van der Waals surface area contributed by atoms with Gasteiger partial charge in [-0.1, -0.05) is 25.1 Å². The largest absolute Gasteiger partial charge is 0.478 e. The summed E-state index contributed by atoms with van der Waals surface area (Å²) in [4.78, 5) is 21.8. The van der Waals surface area contributed by atoms with Gasteiger partial charge in [-0.05, 0) is 18.6 Å². The molecule has 1 N–H and O–H groups in total. The molecule has 0 spiro atoms. The van der Waals surface area contributed by atoms with Crippen LogP contribution in [0.4, 0.5) is 0 Å². The van der Waals surface area contributed by atoms with Crippen molar-refractivity contribution in [3.8, 4) is 5.75 Å². The maximum Gasteiger partial charge on any atom is 0.328 e. The smallest absolute Gasteiger partial charge is 0.328 e. The summed E-state index contributed by atoms with van der Waals surface area (Å²) >= 11 is 0. The van der Waals surface area contributed by atoms with Crippen LogP contribution in [-0.4, -0.2) is 17.0 Å². The van der Waals surface area contributed by atoms with Gasteiger partial charge in [0.1, 0.15) is 5.75 Å². The van der Waals surface area contributed by atoms with Gasteiger partial charge in [0.05, 0.1) is 0 Å². The van der Waals surface area contributed by atoms with E-state index in [-0.39, 0.29) is 12.4 Å². The Balaban J connectivity index is 3.07. The minimum absolute atomic E-state index is 0.274. The van der Waals surface area contributed by atoms with Gasteiger partial charge >= 0.3 is 11.9 Å². The number of benzene rings is 1. The van der Waals surface area contributed by atoms with Gasteiger partial charge < -0.3 is 9.84 Å². The van der Waals surface area contributed by atoms with Gasteiger partial charge in [-0.25, -0.2) is 4.79 Å². The van der Waals surface area contributed by atoms with Crippen LogP contribution in [0.2, 0.25) is 0 Å². The number of para-hydroxylation sites is 1. The van der Waals surface area contributed by atoms with Crippen LogP contribution in [-0.2, 0) is 9.59 Å². The topological polar surface area (TPSA) is 63.6 Å². The zero-order chi connectivity index (χ0) is 12.8. The van der Waals surface area contributed by atoms with Gasteiger partial charge in [0.25, 0.3) is 0 Å². The molecule has 0 atom stereocenters. The first-order valence-corrected chi connectivity index (χ1v) is 5.26. The van der Waals surface area contributed by atoms with E-state index in [0.717, 1.165) is 6.08 Å². The summed E-state index contributed by atoms with van der Waals surface area (Å²) in [5, 5.41) is 8.68. The Morgan fingerprint density at radius 3 is 2.59 bits per heavy atom. The van der Waals surface area contributed by atoms with E-state index in [9.17, 15) is 9.59 Å². The van der Waals surface area contributed by atoms with Crippen molar-refractivity contribution in [1.82, 2.24) is 0 Å². The number of hydrogen-bond acceptors (Lipinski definition) is 3. The van der Waals surface area contributed by atoms with Gasteiger partial charge in [-0.2, -0.15) is 0 Å². The zero-order valence-electron chi connectivity index (χ0n) is 9.77. The quantitative estimate of drug-likeness (QED) is 0.494. The third-order valence-corrected chi connectivity index (χ3v) is 2.16. The molecule has 0 fully saturated rings. The van der Waals surface area contributed by atoms with Crippen molar-refractivity contribution >= 4 is 17.5 Å². The molecule has 17 heavy (non-hydrogen) atoms. The van der Waals surface area contributed by atoms with Crippen LogP contribution in [0, 0.1) is 0 Å². The highest BCUT2D eigenvalue weighted by atomic mass is 16.5.